The molecule has 152 valence electrons. The molecule has 0 fully saturated rings. The first-order valence-corrected chi connectivity index (χ1v) is 10.4. The number of alkyl halides is 3. The van der Waals surface area contributed by atoms with Crippen LogP contribution in [0.1, 0.15) is 33.3 Å². The number of carboxylic acid groups (broad SMARTS) is 1. The number of hydrogen-bond donors (Lipinski definition) is 2. The Bertz CT molecular complexity index is 1040. The molecule has 0 saturated heterocycles. The molecule has 3 nitrogen and oxygen atoms in total. The second-order valence-corrected chi connectivity index (χ2v) is 8.49. The van der Waals surface area contributed by atoms with Crippen molar-refractivity contribution in [1.82, 2.24) is 0 Å². The molecule has 8 heteroatoms. The molecule has 0 amide bonds. The lowest BCUT2D eigenvalue weighted by molar-refractivity contribution is -0.137. The highest BCUT2D eigenvalue weighted by molar-refractivity contribution is 8.00. The zero-order valence-electron chi connectivity index (χ0n) is 15.6. The molecular weight excluding hydrogens is 419 g/mol. The van der Waals surface area contributed by atoms with E-state index in [2.05, 4.69) is 4.72 Å². The summed E-state index contributed by atoms with van der Waals surface area (Å²) in [6.07, 6.45) is -3.79. The molecule has 0 aliphatic carbocycles. The molecule has 3 aromatic rings. The first-order valence-electron chi connectivity index (χ1n) is 8.76. The molecular formula is C21H18F3NO2S2. The molecule has 29 heavy (non-hydrogen) atoms. The molecule has 0 saturated carbocycles. The van der Waals surface area contributed by atoms with Gasteiger partial charge in [-0.25, -0.2) is 4.79 Å². The van der Waals surface area contributed by atoms with Crippen LogP contribution in [0.4, 0.5) is 18.9 Å². The summed E-state index contributed by atoms with van der Waals surface area (Å²) in [5.41, 5.74) is 1.29. The van der Waals surface area contributed by atoms with Gasteiger partial charge in [0, 0.05) is 20.2 Å². The van der Waals surface area contributed by atoms with E-state index in [4.69, 9.17) is 0 Å². The minimum Gasteiger partial charge on any atom is -0.478 e. The largest absolute Gasteiger partial charge is 0.478 e. The average Bonchev–Trinajstić information content (AvgIpc) is 3.11. The molecule has 3 rings (SSSR count). The Morgan fingerprint density at radius 3 is 2.48 bits per heavy atom. The van der Waals surface area contributed by atoms with Crippen LogP contribution >= 0.6 is 23.3 Å². The molecule has 2 N–H and O–H groups in total. The minimum absolute atomic E-state index is 0.129. The lowest BCUT2D eigenvalue weighted by Gasteiger charge is -2.15. The Labute approximate surface area is 174 Å². The smallest absolute Gasteiger partial charge is 0.416 e. The van der Waals surface area contributed by atoms with Crippen molar-refractivity contribution in [3.63, 3.8) is 0 Å². The van der Waals surface area contributed by atoms with Crippen LogP contribution < -0.4 is 4.72 Å². The summed E-state index contributed by atoms with van der Waals surface area (Å²) in [4.78, 5) is 13.8. The molecule has 1 heterocycles. The monoisotopic (exact) mass is 437 g/mol. The maximum Gasteiger partial charge on any atom is 0.416 e. The molecule has 2 aromatic carbocycles. The highest BCUT2D eigenvalue weighted by Gasteiger charge is 2.31. The van der Waals surface area contributed by atoms with Gasteiger partial charge in [-0.05, 0) is 67.3 Å². The van der Waals surface area contributed by atoms with Crippen LogP contribution in [0.3, 0.4) is 0 Å². The number of rotatable bonds is 6. The van der Waals surface area contributed by atoms with Gasteiger partial charge >= 0.3 is 12.1 Å². The van der Waals surface area contributed by atoms with Gasteiger partial charge in [0.1, 0.15) is 0 Å². The minimum atomic E-state index is -4.46. The Hall–Kier alpha value is -2.45. The third-order valence-corrected chi connectivity index (χ3v) is 6.27. The van der Waals surface area contributed by atoms with Crippen LogP contribution in [-0.2, 0) is 12.6 Å². The van der Waals surface area contributed by atoms with Crippen molar-refractivity contribution in [2.45, 2.75) is 31.3 Å². The van der Waals surface area contributed by atoms with Gasteiger partial charge < -0.3 is 9.83 Å². The van der Waals surface area contributed by atoms with E-state index in [1.54, 1.807) is 6.07 Å². The van der Waals surface area contributed by atoms with Gasteiger partial charge in [0.05, 0.1) is 16.8 Å². The highest BCUT2D eigenvalue weighted by atomic mass is 32.2. The third-order valence-electron chi connectivity index (χ3n) is 4.32. The molecule has 0 radical (unpaired) electrons. The lowest BCUT2D eigenvalue weighted by atomic mass is 10.1. The second-order valence-electron chi connectivity index (χ2n) is 6.35. The number of nitrogens with one attached hydrogen (secondary N) is 1. The normalized spacial score (nSPS) is 11.5. The first kappa shape index (κ1) is 21.3. The SMILES string of the molecule is CCc1ccc(C(=O)O)cc1SNc1cc(C(F)(F)F)ccc1-c1ccc(C)s1. The second kappa shape index (κ2) is 8.51. The number of thiophene rings is 1. The number of aryl methyl sites for hydroxylation is 2. The lowest BCUT2D eigenvalue weighted by Crippen LogP contribution is -2.06. The number of halogens is 3. The molecule has 0 bridgehead atoms. The number of carboxylic acids is 1. The van der Waals surface area contributed by atoms with Crippen molar-refractivity contribution in [3.05, 3.63) is 70.1 Å². The Balaban J connectivity index is 1.99. The van der Waals surface area contributed by atoms with E-state index < -0.39 is 17.7 Å². The molecule has 0 spiro atoms. The summed E-state index contributed by atoms with van der Waals surface area (Å²) in [5, 5.41) is 9.23. The van der Waals surface area contributed by atoms with Gasteiger partial charge in [-0.3, -0.25) is 0 Å². The Kier molecular flexibility index (Phi) is 6.24. The fourth-order valence-electron chi connectivity index (χ4n) is 2.78. The van der Waals surface area contributed by atoms with Crippen molar-refractivity contribution >= 4 is 34.9 Å². The van der Waals surface area contributed by atoms with E-state index in [0.717, 1.165) is 39.4 Å². The highest BCUT2D eigenvalue weighted by Crippen LogP contribution is 2.40. The van der Waals surface area contributed by atoms with E-state index in [-0.39, 0.29) is 5.56 Å². The van der Waals surface area contributed by atoms with Gasteiger partial charge in [0.15, 0.2) is 0 Å². The average molecular weight is 438 g/mol. The Morgan fingerprint density at radius 1 is 1.14 bits per heavy atom. The summed E-state index contributed by atoms with van der Waals surface area (Å²) >= 11 is 2.61. The summed E-state index contributed by atoms with van der Waals surface area (Å²) in [5.74, 6) is -1.05. The maximum absolute atomic E-state index is 13.2. The van der Waals surface area contributed by atoms with Gasteiger partial charge in [-0.15, -0.1) is 11.3 Å². The van der Waals surface area contributed by atoms with Crippen LogP contribution in [0.25, 0.3) is 10.4 Å². The summed E-state index contributed by atoms with van der Waals surface area (Å²) in [6.45, 7) is 3.87. The standard InChI is InChI=1S/C21H18F3NO2S2/c1-3-13-5-6-14(20(26)27)10-19(13)29-25-17-11-15(21(22,23)24)7-8-16(17)18-9-4-12(2)28-18/h4-11,25H,3H2,1-2H3,(H,26,27). The zero-order valence-corrected chi connectivity index (χ0v) is 17.3. The van der Waals surface area contributed by atoms with E-state index in [9.17, 15) is 23.1 Å². The van der Waals surface area contributed by atoms with Gasteiger partial charge in [0.2, 0.25) is 0 Å². The zero-order chi connectivity index (χ0) is 21.2. The summed E-state index contributed by atoms with van der Waals surface area (Å²) in [7, 11) is 0. The van der Waals surface area contributed by atoms with Gasteiger partial charge in [0.25, 0.3) is 0 Å². The van der Waals surface area contributed by atoms with Crippen molar-refractivity contribution < 1.29 is 23.1 Å². The van der Waals surface area contributed by atoms with E-state index in [0.29, 0.717) is 22.6 Å². The topological polar surface area (TPSA) is 49.3 Å². The predicted molar refractivity (Wildman–Crippen MR) is 112 cm³/mol. The number of anilines is 1. The third kappa shape index (κ3) is 4.94. The number of carbonyl (C=O) groups is 1. The van der Waals surface area contributed by atoms with Crippen molar-refractivity contribution in [3.8, 4) is 10.4 Å². The van der Waals surface area contributed by atoms with Gasteiger partial charge in [-0.1, -0.05) is 19.1 Å². The fourth-order valence-corrected chi connectivity index (χ4v) is 4.61. The van der Waals surface area contributed by atoms with Gasteiger partial charge in [-0.2, -0.15) is 13.2 Å². The quantitative estimate of drug-likeness (QED) is 0.403. The molecule has 0 unspecified atom stereocenters. The van der Waals surface area contributed by atoms with E-state index in [1.165, 1.54) is 29.5 Å². The number of hydrogen-bond acceptors (Lipinski definition) is 4. The van der Waals surface area contributed by atoms with Crippen molar-refractivity contribution in [1.29, 1.82) is 0 Å². The first-order chi connectivity index (χ1) is 13.7. The molecule has 1 aromatic heterocycles. The molecule has 0 aliphatic rings. The van der Waals surface area contributed by atoms with E-state index >= 15 is 0 Å². The van der Waals surface area contributed by atoms with E-state index in [1.807, 2.05) is 26.0 Å². The maximum atomic E-state index is 13.2. The van der Waals surface area contributed by atoms with Crippen LogP contribution in [0.15, 0.2) is 53.4 Å². The van der Waals surface area contributed by atoms with Crippen molar-refractivity contribution in [2.75, 3.05) is 4.72 Å². The fraction of sp³-hybridized carbons (Fsp3) is 0.190. The van der Waals surface area contributed by atoms with Crippen LogP contribution in [0.5, 0.6) is 0 Å². The summed E-state index contributed by atoms with van der Waals surface area (Å²) < 4.78 is 42.7. The van der Waals surface area contributed by atoms with Crippen molar-refractivity contribution in [2.24, 2.45) is 0 Å². The number of benzene rings is 2. The summed E-state index contributed by atoms with van der Waals surface area (Å²) in [6, 6.07) is 12.2. The Morgan fingerprint density at radius 2 is 1.90 bits per heavy atom. The molecule has 0 atom stereocenters. The van der Waals surface area contributed by atoms with Crippen LogP contribution in [-0.4, -0.2) is 11.1 Å². The molecule has 0 aliphatic heterocycles. The van der Waals surface area contributed by atoms with Crippen LogP contribution in [0.2, 0.25) is 0 Å². The predicted octanol–water partition coefficient (Wildman–Crippen LogP) is 7.12. The van der Waals surface area contributed by atoms with Crippen LogP contribution in [0, 0.1) is 6.92 Å². The number of aromatic carboxylic acids is 1.